The van der Waals surface area contributed by atoms with E-state index in [0.29, 0.717) is 15.7 Å². The first-order chi connectivity index (χ1) is 13.1. The summed E-state index contributed by atoms with van der Waals surface area (Å²) in [6.07, 6.45) is 1.15. The Bertz CT molecular complexity index is 965. The van der Waals surface area contributed by atoms with Crippen LogP contribution in [0.15, 0.2) is 59.1 Å². The molecular weight excluding hydrogens is 410 g/mol. The maximum atomic E-state index is 12.9. The number of anilines is 1. The molecule has 0 radical (unpaired) electrons. The van der Waals surface area contributed by atoms with Gasteiger partial charge in [0.25, 0.3) is 5.78 Å². The smallest absolute Gasteiger partial charge is 0.415 e. The lowest BCUT2D eigenvalue weighted by Gasteiger charge is -2.32. The number of para-hydroxylation sites is 1. The van der Waals surface area contributed by atoms with Crippen LogP contribution in [0.2, 0.25) is 0 Å². The van der Waals surface area contributed by atoms with Crippen LogP contribution >= 0.6 is 15.9 Å². The highest BCUT2D eigenvalue weighted by Crippen LogP contribution is 2.36. The summed E-state index contributed by atoms with van der Waals surface area (Å²) < 4.78 is 5.69. The number of fused-ring (bicyclic) bond motifs is 1. The van der Waals surface area contributed by atoms with Crippen molar-refractivity contribution in [3.63, 3.8) is 0 Å². The van der Waals surface area contributed by atoms with Crippen molar-refractivity contribution in [1.29, 1.82) is 0 Å². The number of Topliss-reactive ketones (excluding diaryl/α,β-unsaturated/α-hetero) is 1. The third kappa shape index (κ3) is 3.60. The second kappa shape index (κ2) is 8.12. The number of hydrogen-bond donors (Lipinski definition) is 0. The van der Waals surface area contributed by atoms with Crippen LogP contribution in [0.25, 0.3) is 11.6 Å². The summed E-state index contributed by atoms with van der Waals surface area (Å²) in [5.41, 5.74) is 11.1. The molecule has 1 heterocycles. The molecular formula is C20H16BrN3O3. The maximum absolute atomic E-state index is 12.9. The molecule has 1 unspecified atom stereocenters. The zero-order valence-electron chi connectivity index (χ0n) is 14.5. The highest BCUT2D eigenvalue weighted by atomic mass is 79.9. The number of nitrogens with zero attached hydrogens (tertiary/aromatic N) is 3. The Kier molecular flexibility index (Phi) is 5.64. The minimum absolute atomic E-state index is 0.170. The Balaban J connectivity index is 2.12. The highest BCUT2D eigenvalue weighted by molar-refractivity contribution is 9.11. The Hall–Kier alpha value is -3.02. The molecule has 0 aromatic heterocycles. The summed E-state index contributed by atoms with van der Waals surface area (Å²) in [6, 6.07) is 14.7. The number of ketones is 1. The first kappa shape index (κ1) is 18.8. The lowest BCUT2D eigenvalue weighted by Crippen LogP contribution is -2.50. The van der Waals surface area contributed by atoms with Gasteiger partial charge < -0.3 is 10.3 Å². The molecule has 27 heavy (non-hydrogen) atoms. The SMILES string of the molecule is CCOC(=O)N1c2ccccc2C=C(Br)C1C(=[N+]=[N-])C(=O)c1ccccc1. The van der Waals surface area contributed by atoms with E-state index in [-0.39, 0.29) is 12.3 Å². The van der Waals surface area contributed by atoms with E-state index in [0.717, 1.165) is 5.56 Å². The van der Waals surface area contributed by atoms with Crippen LogP contribution in [0.5, 0.6) is 0 Å². The van der Waals surface area contributed by atoms with Gasteiger partial charge in [0.15, 0.2) is 6.04 Å². The molecule has 0 saturated carbocycles. The number of hydrogen-bond acceptors (Lipinski definition) is 3. The monoisotopic (exact) mass is 425 g/mol. The minimum atomic E-state index is -0.948. The van der Waals surface area contributed by atoms with Crippen molar-refractivity contribution in [2.24, 2.45) is 0 Å². The summed E-state index contributed by atoms with van der Waals surface area (Å²) in [6.45, 7) is 1.87. The van der Waals surface area contributed by atoms with Crippen LogP contribution in [0, 0.1) is 0 Å². The molecule has 0 bridgehead atoms. The van der Waals surface area contributed by atoms with Crippen molar-refractivity contribution in [3.8, 4) is 0 Å². The number of carbonyl (C=O) groups excluding carboxylic acids is 2. The van der Waals surface area contributed by atoms with Crippen LogP contribution in [-0.4, -0.2) is 35.0 Å². The molecule has 2 aromatic rings. The van der Waals surface area contributed by atoms with Crippen LogP contribution in [0.1, 0.15) is 22.8 Å². The second-order valence-corrected chi connectivity index (χ2v) is 6.66. The topological polar surface area (TPSA) is 83.0 Å². The van der Waals surface area contributed by atoms with Gasteiger partial charge in [0, 0.05) is 10.0 Å². The van der Waals surface area contributed by atoms with Crippen LogP contribution < -0.4 is 4.90 Å². The predicted octanol–water partition coefficient (Wildman–Crippen LogP) is 4.32. The molecule has 0 N–H and O–H groups in total. The fraction of sp³-hybridized carbons (Fsp3) is 0.150. The Labute approximate surface area is 164 Å². The van der Waals surface area contributed by atoms with Gasteiger partial charge in [-0.1, -0.05) is 64.5 Å². The van der Waals surface area contributed by atoms with E-state index in [9.17, 15) is 15.1 Å². The summed E-state index contributed by atoms with van der Waals surface area (Å²) in [4.78, 5) is 30.2. The summed E-state index contributed by atoms with van der Waals surface area (Å²) in [5, 5.41) is 0. The van der Waals surface area contributed by atoms with Gasteiger partial charge in [-0.2, -0.15) is 4.79 Å². The molecule has 0 spiro atoms. The number of halogens is 1. The lowest BCUT2D eigenvalue weighted by atomic mass is 9.95. The zero-order chi connectivity index (χ0) is 19.4. The zero-order valence-corrected chi connectivity index (χ0v) is 16.1. The molecule has 6 nitrogen and oxygen atoms in total. The summed E-state index contributed by atoms with van der Waals surface area (Å²) >= 11 is 3.43. The molecule has 136 valence electrons. The Morgan fingerprint density at radius 2 is 1.81 bits per heavy atom. The van der Waals surface area contributed by atoms with E-state index in [2.05, 4.69) is 20.7 Å². The van der Waals surface area contributed by atoms with Gasteiger partial charge in [0.2, 0.25) is 0 Å². The lowest BCUT2D eigenvalue weighted by molar-refractivity contribution is -0.00970. The standard InChI is InChI=1S/C20H16BrN3O3/c1-2-27-20(26)24-16-11-7-6-10-14(16)12-15(21)18(24)17(23-22)19(25)13-8-4-3-5-9-13/h3-12,18H,2H2,1H3. The summed E-state index contributed by atoms with van der Waals surface area (Å²) in [5.74, 6) is -0.484. The molecule has 3 rings (SSSR count). The van der Waals surface area contributed by atoms with Crippen molar-refractivity contribution < 1.29 is 19.1 Å². The molecule has 1 amide bonds. The van der Waals surface area contributed by atoms with E-state index >= 15 is 0 Å². The average molecular weight is 426 g/mol. The van der Waals surface area contributed by atoms with Gasteiger partial charge in [-0.05, 0) is 24.6 Å². The van der Waals surface area contributed by atoms with Crippen LogP contribution in [0.4, 0.5) is 10.5 Å². The van der Waals surface area contributed by atoms with E-state index in [1.54, 1.807) is 55.5 Å². The molecule has 2 aromatic carbocycles. The predicted molar refractivity (Wildman–Crippen MR) is 106 cm³/mol. The van der Waals surface area contributed by atoms with Crippen molar-refractivity contribution in [3.05, 3.63) is 75.7 Å². The molecule has 0 saturated heterocycles. The number of rotatable bonds is 4. The molecule has 1 atom stereocenters. The van der Waals surface area contributed by atoms with Gasteiger partial charge >= 0.3 is 11.8 Å². The fourth-order valence-electron chi connectivity index (χ4n) is 2.93. The Morgan fingerprint density at radius 3 is 2.48 bits per heavy atom. The number of amides is 1. The Morgan fingerprint density at radius 1 is 1.15 bits per heavy atom. The molecule has 0 aliphatic carbocycles. The van der Waals surface area contributed by atoms with Crippen molar-refractivity contribution >= 4 is 45.3 Å². The van der Waals surface area contributed by atoms with E-state index < -0.39 is 17.9 Å². The quantitative estimate of drug-likeness (QED) is 0.316. The minimum Gasteiger partial charge on any atom is -0.449 e. The fourth-order valence-corrected chi connectivity index (χ4v) is 3.60. The van der Waals surface area contributed by atoms with Gasteiger partial charge in [-0.3, -0.25) is 9.69 Å². The van der Waals surface area contributed by atoms with Crippen molar-refractivity contribution in [2.45, 2.75) is 13.0 Å². The average Bonchev–Trinajstić information content (AvgIpc) is 2.69. The largest absolute Gasteiger partial charge is 0.449 e. The third-order valence-corrected chi connectivity index (χ3v) is 4.77. The molecule has 1 aliphatic rings. The number of ether oxygens (including phenoxy) is 1. The van der Waals surface area contributed by atoms with E-state index in [4.69, 9.17) is 4.74 Å². The number of carbonyl (C=O) groups is 2. The van der Waals surface area contributed by atoms with Crippen LogP contribution in [0.3, 0.4) is 0 Å². The van der Waals surface area contributed by atoms with Gasteiger partial charge in [-0.25, -0.2) is 4.79 Å². The van der Waals surface area contributed by atoms with E-state index in [1.807, 2.05) is 12.1 Å². The van der Waals surface area contributed by atoms with E-state index in [1.165, 1.54) is 4.90 Å². The second-order valence-electron chi connectivity index (χ2n) is 5.74. The molecule has 7 heteroatoms. The maximum Gasteiger partial charge on any atom is 0.415 e. The van der Waals surface area contributed by atoms with Crippen LogP contribution in [-0.2, 0) is 4.74 Å². The van der Waals surface area contributed by atoms with Crippen molar-refractivity contribution in [2.75, 3.05) is 11.5 Å². The first-order valence-corrected chi connectivity index (χ1v) is 9.11. The molecule has 1 aliphatic heterocycles. The first-order valence-electron chi connectivity index (χ1n) is 8.32. The number of benzene rings is 2. The normalized spacial score (nSPS) is 15.3. The van der Waals surface area contributed by atoms with Gasteiger partial charge in [0.1, 0.15) is 0 Å². The summed E-state index contributed by atoms with van der Waals surface area (Å²) in [7, 11) is 0. The van der Waals surface area contributed by atoms with Gasteiger partial charge in [0.05, 0.1) is 12.3 Å². The van der Waals surface area contributed by atoms with Crippen molar-refractivity contribution in [1.82, 2.24) is 0 Å². The third-order valence-electron chi connectivity index (χ3n) is 4.11. The molecule has 0 fully saturated rings. The van der Waals surface area contributed by atoms with Gasteiger partial charge in [-0.15, -0.1) is 0 Å². The highest BCUT2D eigenvalue weighted by Gasteiger charge is 2.44.